The second-order valence-corrected chi connectivity index (χ2v) is 7.93. The number of allylic oxidation sites excluding steroid dienone is 2. The molecule has 1 N–H and O–H groups in total. The minimum absolute atomic E-state index is 0.292. The van der Waals surface area contributed by atoms with Crippen molar-refractivity contribution in [1.29, 1.82) is 0 Å². The summed E-state index contributed by atoms with van der Waals surface area (Å²) in [5.74, 6) is 0.408. The number of carbonyl (C=O) groups is 3. The van der Waals surface area contributed by atoms with Gasteiger partial charge >= 0.3 is 0 Å². The number of furan rings is 1. The van der Waals surface area contributed by atoms with E-state index < -0.39 is 0 Å². The molecule has 0 atom stereocenters. The number of nitrogens with one attached hydrogen (secondary N) is 1. The number of benzene rings is 1. The van der Waals surface area contributed by atoms with Crippen molar-refractivity contribution in [2.45, 2.75) is 41.5 Å². The minimum Gasteiger partial charge on any atom is -0.466 e. The highest BCUT2D eigenvalue weighted by atomic mass is 16.3. The first kappa shape index (κ1) is 22.0. The number of hydrogen-bond acceptors (Lipinski definition) is 4. The highest BCUT2D eigenvalue weighted by Crippen LogP contribution is 2.38. The third-order valence-electron chi connectivity index (χ3n) is 5.17. The lowest BCUT2D eigenvalue weighted by Gasteiger charge is -2.14. The fourth-order valence-corrected chi connectivity index (χ4v) is 3.65. The lowest BCUT2D eigenvalue weighted by Crippen LogP contribution is -2.29. The Kier molecular flexibility index (Phi) is 5.84. The third-order valence-corrected chi connectivity index (χ3v) is 5.17. The molecule has 0 aliphatic carbocycles. The van der Waals surface area contributed by atoms with Crippen LogP contribution in [0.2, 0.25) is 0 Å². The number of hydrogen-bond donors (Lipinski definition) is 1. The average Bonchev–Trinajstić information content (AvgIpc) is 3.17. The van der Waals surface area contributed by atoms with Crippen LogP contribution < -0.4 is 10.2 Å². The summed E-state index contributed by atoms with van der Waals surface area (Å²) in [7, 11) is 0. The summed E-state index contributed by atoms with van der Waals surface area (Å²) >= 11 is 0. The minimum atomic E-state index is -0.379. The summed E-state index contributed by atoms with van der Waals surface area (Å²) in [6, 6.07) is 8.45. The Morgan fingerprint density at radius 3 is 2.03 bits per heavy atom. The Morgan fingerprint density at radius 1 is 0.968 bits per heavy atom. The van der Waals surface area contributed by atoms with Crippen LogP contribution in [0, 0.1) is 13.8 Å². The lowest BCUT2D eigenvalue weighted by molar-refractivity contribution is -0.119. The van der Waals surface area contributed by atoms with Crippen molar-refractivity contribution in [2.24, 2.45) is 0 Å². The second kappa shape index (κ2) is 8.22. The summed E-state index contributed by atoms with van der Waals surface area (Å²) in [4.78, 5) is 39.7. The number of imide groups is 1. The highest BCUT2D eigenvalue weighted by Gasteiger charge is 2.42. The van der Waals surface area contributed by atoms with Crippen molar-refractivity contribution in [1.82, 2.24) is 0 Å². The van der Waals surface area contributed by atoms with Gasteiger partial charge in [0.2, 0.25) is 0 Å². The molecule has 1 fully saturated rings. The van der Waals surface area contributed by atoms with Crippen molar-refractivity contribution in [2.75, 3.05) is 10.2 Å². The molecule has 2 heterocycles. The Labute approximate surface area is 181 Å². The van der Waals surface area contributed by atoms with E-state index in [9.17, 15) is 14.4 Å². The molecule has 1 saturated heterocycles. The van der Waals surface area contributed by atoms with Gasteiger partial charge in [0.25, 0.3) is 17.7 Å². The van der Waals surface area contributed by atoms with Gasteiger partial charge in [0.05, 0.1) is 16.8 Å². The van der Waals surface area contributed by atoms with Crippen LogP contribution >= 0.6 is 0 Å². The van der Waals surface area contributed by atoms with Crippen LogP contribution in [0.4, 0.5) is 11.4 Å². The van der Waals surface area contributed by atoms with Crippen molar-refractivity contribution in [3.05, 3.63) is 76.3 Å². The maximum atomic E-state index is 13.4. The first-order chi connectivity index (χ1) is 14.5. The van der Waals surface area contributed by atoms with E-state index in [0.29, 0.717) is 39.4 Å². The van der Waals surface area contributed by atoms with E-state index in [0.717, 1.165) is 16.9 Å². The first-order valence-electron chi connectivity index (χ1n) is 9.94. The molecular formula is C25H26N2O4. The number of anilines is 2. The number of carbonyl (C=O) groups excluding carboxylic acids is 3. The Hall–Kier alpha value is -3.67. The number of rotatable bonds is 4. The van der Waals surface area contributed by atoms with Gasteiger partial charge in [-0.05, 0) is 77.4 Å². The Balaban J connectivity index is 2.05. The molecule has 0 bridgehead atoms. The van der Waals surface area contributed by atoms with Crippen molar-refractivity contribution in [3.63, 3.8) is 0 Å². The zero-order valence-corrected chi connectivity index (χ0v) is 18.7. The van der Waals surface area contributed by atoms with Gasteiger partial charge < -0.3 is 9.73 Å². The van der Waals surface area contributed by atoms with Gasteiger partial charge in [0.15, 0.2) is 0 Å². The predicted molar refractivity (Wildman–Crippen MR) is 122 cm³/mol. The van der Waals surface area contributed by atoms with Gasteiger partial charge in [0.1, 0.15) is 11.5 Å². The molecule has 0 spiro atoms. The highest BCUT2D eigenvalue weighted by molar-refractivity contribution is 6.39. The first-order valence-corrected chi connectivity index (χ1v) is 9.94. The van der Waals surface area contributed by atoms with Crippen molar-refractivity contribution in [3.8, 4) is 0 Å². The molecule has 1 aliphatic rings. The van der Waals surface area contributed by atoms with Gasteiger partial charge in [-0.3, -0.25) is 14.4 Å². The van der Waals surface area contributed by atoms with Crippen LogP contribution in [0.15, 0.2) is 63.6 Å². The topological polar surface area (TPSA) is 79.6 Å². The monoisotopic (exact) mass is 418 g/mol. The van der Waals surface area contributed by atoms with Gasteiger partial charge in [-0.25, -0.2) is 4.90 Å². The van der Waals surface area contributed by atoms with Crippen LogP contribution in [0.3, 0.4) is 0 Å². The Bertz CT molecular complexity index is 1170. The van der Waals surface area contributed by atoms with Gasteiger partial charge in [-0.2, -0.15) is 0 Å². The average molecular weight is 418 g/mol. The van der Waals surface area contributed by atoms with Crippen LogP contribution in [0.5, 0.6) is 0 Å². The van der Waals surface area contributed by atoms with Crippen LogP contribution in [0.25, 0.3) is 5.57 Å². The zero-order chi connectivity index (χ0) is 23.0. The molecule has 3 rings (SSSR count). The largest absolute Gasteiger partial charge is 0.466 e. The summed E-state index contributed by atoms with van der Waals surface area (Å²) in [6.07, 6.45) is 0. The summed E-state index contributed by atoms with van der Waals surface area (Å²) in [6.45, 7) is 14.4. The molecular weight excluding hydrogens is 392 g/mol. The number of nitrogens with zero attached hydrogens (tertiary/aromatic N) is 1. The van der Waals surface area contributed by atoms with E-state index in [1.165, 1.54) is 4.90 Å². The molecule has 160 valence electrons. The molecule has 1 aromatic carbocycles. The molecule has 1 aromatic heterocycles. The SMILES string of the molecule is C=C(C)C(=O)Nc1ccc(N2C(=O)C(=C(C)C)/C(=C(/C)c3cc(C)oc3C)C2=O)cc1. The molecule has 6 heteroatoms. The smallest absolute Gasteiger partial charge is 0.266 e. The van der Waals surface area contributed by atoms with E-state index in [-0.39, 0.29) is 17.7 Å². The molecule has 0 unspecified atom stereocenters. The van der Waals surface area contributed by atoms with Crippen molar-refractivity contribution >= 4 is 34.7 Å². The van der Waals surface area contributed by atoms with E-state index in [1.807, 2.05) is 40.7 Å². The summed E-state index contributed by atoms with van der Waals surface area (Å²) in [5, 5.41) is 2.71. The van der Waals surface area contributed by atoms with E-state index in [1.54, 1.807) is 31.2 Å². The number of aryl methyl sites for hydroxylation is 2. The standard InChI is InChI=1S/C25H26N2O4/c1-13(2)21-22(16(6)20-12-15(5)31-17(20)7)25(30)27(24(21)29)19-10-8-18(9-11-19)26-23(28)14(3)4/h8-12H,3H2,1-2,4-7H3,(H,26,28)/b22-16+. The molecule has 0 saturated carbocycles. The fourth-order valence-electron chi connectivity index (χ4n) is 3.65. The quantitative estimate of drug-likeness (QED) is 0.554. The Morgan fingerprint density at radius 2 is 1.55 bits per heavy atom. The van der Waals surface area contributed by atoms with E-state index in [2.05, 4.69) is 11.9 Å². The predicted octanol–water partition coefficient (Wildman–Crippen LogP) is 5.09. The normalized spacial score (nSPS) is 15.4. The van der Waals surface area contributed by atoms with Crippen LogP contribution in [-0.4, -0.2) is 17.7 Å². The number of amides is 3. The van der Waals surface area contributed by atoms with E-state index >= 15 is 0 Å². The maximum absolute atomic E-state index is 13.4. The molecule has 0 radical (unpaired) electrons. The van der Waals surface area contributed by atoms with Crippen LogP contribution in [-0.2, 0) is 14.4 Å². The van der Waals surface area contributed by atoms with Gasteiger partial charge in [-0.1, -0.05) is 12.2 Å². The van der Waals surface area contributed by atoms with Gasteiger partial charge in [-0.15, -0.1) is 0 Å². The molecule has 1 aliphatic heterocycles. The van der Waals surface area contributed by atoms with Crippen LogP contribution in [0.1, 0.15) is 44.8 Å². The van der Waals surface area contributed by atoms with E-state index in [4.69, 9.17) is 4.42 Å². The summed E-state index contributed by atoms with van der Waals surface area (Å²) < 4.78 is 5.63. The lowest BCUT2D eigenvalue weighted by atomic mass is 9.95. The van der Waals surface area contributed by atoms with Gasteiger partial charge in [0, 0.05) is 16.8 Å². The third kappa shape index (κ3) is 4.01. The molecule has 31 heavy (non-hydrogen) atoms. The zero-order valence-electron chi connectivity index (χ0n) is 18.7. The molecule has 2 aromatic rings. The fraction of sp³-hybridized carbons (Fsp3) is 0.240. The second-order valence-electron chi connectivity index (χ2n) is 7.93. The summed E-state index contributed by atoms with van der Waals surface area (Å²) in [5.41, 5.74) is 4.44. The molecule has 3 amide bonds. The maximum Gasteiger partial charge on any atom is 0.266 e. The molecule has 6 nitrogen and oxygen atoms in total. The van der Waals surface area contributed by atoms with Crippen molar-refractivity contribution < 1.29 is 18.8 Å².